The lowest BCUT2D eigenvalue weighted by Crippen LogP contribution is -2.30. The lowest BCUT2D eigenvalue weighted by molar-refractivity contribution is 0.0698. The van der Waals surface area contributed by atoms with Gasteiger partial charge in [0, 0.05) is 42.5 Å². The van der Waals surface area contributed by atoms with E-state index in [0.29, 0.717) is 34.5 Å². The van der Waals surface area contributed by atoms with Gasteiger partial charge in [0.2, 0.25) is 0 Å². The second-order valence-corrected chi connectivity index (χ2v) is 8.69. The van der Waals surface area contributed by atoms with Gasteiger partial charge in [-0.05, 0) is 61.2 Å². The Kier molecular flexibility index (Phi) is 6.70. The zero-order valence-corrected chi connectivity index (χ0v) is 19.6. The van der Waals surface area contributed by atoms with Crippen LogP contribution in [0.2, 0.25) is 0 Å². The number of aromatic nitrogens is 3. The third-order valence-electron chi connectivity index (χ3n) is 6.23. The predicted molar refractivity (Wildman–Crippen MR) is 139 cm³/mol. The van der Waals surface area contributed by atoms with Crippen LogP contribution >= 0.6 is 0 Å². The van der Waals surface area contributed by atoms with Crippen LogP contribution in [0.1, 0.15) is 45.5 Å². The molecule has 2 aromatic carbocycles. The van der Waals surface area contributed by atoms with Gasteiger partial charge < -0.3 is 20.6 Å². The number of para-hydroxylation sites is 1. The molecule has 0 unspecified atom stereocenters. The first kappa shape index (κ1) is 23.2. The van der Waals surface area contributed by atoms with Gasteiger partial charge >= 0.3 is 5.97 Å². The van der Waals surface area contributed by atoms with Gasteiger partial charge in [-0.15, -0.1) is 0 Å². The molecule has 1 aliphatic rings. The van der Waals surface area contributed by atoms with Gasteiger partial charge in [0.1, 0.15) is 18.0 Å². The normalized spacial score (nSPS) is 13.4. The molecule has 182 valence electrons. The largest absolute Gasteiger partial charge is 0.478 e. The maximum atomic E-state index is 12.9. The number of rotatable bonds is 7. The number of amides is 1. The molecule has 0 aliphatic carbocycles. The van der Waals surface area contributed by atoms with E-state index in [4.69, 9.17) is 0 Å². The summed E-state index contributed by atoms with van der Waals surface area (Å²) in [6.07, 6.45) is 6.55. The molecule has 2 aromatic heterocycles. The van der Waals surface area contributed by atoms with Crippen molar-refractivity contribution in [2.75, 3.05) is 28.6 Å². The molecule has 0 bridgehead atoms. The summed E-state index contributed by atoms with van der Waals surface area (Å²) in [5.41, 5.74) is 2.68. The van der Waals surface area contributed by atoms with Crippen molar-refractivity contribution in [3.05, 3.63) is 83.8 Å². The van der Waals surface area contributed by atoms with Crippen molar-refractivity contribution in [2.24, 2.45) is 0 Å². The number of carbonyl (C=O) groups excluding carboxylic acids is 1. The lowest BCUT2D eigenvalue weighted by atomic mass is 10.1. The molecule has 36 heavy (non-hydrogen) atoms. The molecule has 0 spiro atoms. The molecule has 1 amide bonds. The Morgan fingerprint density at radius 1 is 0.944 bits per heavy atom. The van der Waals surface area contributed by atoms with E-state index >= 15 is 0 Å². The summed E-state index contributed by atoms with van der Waals surface area (Å²) < 4.78 is 0. The van der Waals surface area contributed by atoms with Crippen LogP contribution in [0.5, 0.6) is 0 Å². The van der Waals surface area contributed by atoms with Crippen LogP contribution in [0.3, 0.4) is 0 Å². The number of carboxylic acid groups (broad SMARTS) is 1. The molecule has 9 nitrogen and oxygen atoms in total. The number of nitrogens with one attached hydrogen (secondary N) is 2. The highest BCUT2D eigenvalue weighted by atomic mass is 16.4. The average molecular weight is 483 g/mol. The smallest absolute Gasteiger partial charge is 0.337 e. The van der Waals surface area contributed by atoms with Gasteiger partial charge in [0.15, 0.2) is 0 Å². The van der Waals surface area contributed by atoms with E-state index in [9.17, 15) is 14.7 Å². The van der Waals surface area contributed by atoms with E-state index in [1.54, 1.807) is 24.4 Å². The van der Waals surface area contributed by atoms with Crippen LogP contribution in [0.25, 0.3) is 10.9 Å². The number of nitrogens with zero attached hydrogens (tertiary/aromatic N) is 4. The van der Waals surface area contributed by atoms with Crippen LogP contribution in [0.4, 0.5) is 17.3 Å². The van der Waals surface area contributed by atoms with Crippen molar-refractivity contribution in [3.8, 4) is 0 Å². The van der Waals surface area contributed by atoms with E-state index in [0.717, 1.165) is 37.3 Å². The van der Waals surface area contributed by atoms with Gasteiger partial charge in [-0.2, -0.15) is 0 Å². The van der Waals surface area contributed by atoms with Crippen molar-refractivity contribution in [1.29, 1.82) is 0 Å². The third kappa shape index (κ3) is 5.10. The number of aromatic carboxylic acids is 1. The molecular formula is C27H26N6O3. The van der Waals surface area contributed by atoms with Crippen LogP contribution < -0.4 is 15.5 Å². The number of fused-ring (bicyclic) bond motifs is 1. The molecule has 0 radical (unpaired) electrons. The number of carbonyl (C=O) groups is 2. The molecule has 9 heteroatoms. The number of benzene rings is 2. The second-order valence-electron chi connectivity index (χ2n) is 8.69. The van der Waals surface area contributed by atoms with Gasteiger partial charge in [-0.1, -0.05) is 18.2 Å². The van der Waals surface area contributed by atoms with Crippen molar-refractivity contribution in [1.82, 2.24) is 15.0 Å². The van der Waals surface area contributed by atoms with Crippen molar-refractivity contribution in [2.45, 2.75) is 25.8 Å². The van der Waals surface area contributed by atoms with Crippen LogP contribution in [0.15, 0.2) is 67.1 Å². The van der Waals surface area contributed by atoms with Crippen molar-refractivity contribution < 1.29 is 14.7 Å². The molecule has 1 fully saturated rings. The Labute approximate surface area is 208 Å². The zero-order valence-electron chi connectivity index (χ0n) is 19.6. The fourth-order valence-corrected chi connectivity index (χ4v) is 4.40. The molecule has 0 atom stereocenters. The first-order valence-corrected chi connectivity index (χ1v) is 11.9. The Bertz CT molecular complexity index is 1420. The number of piperidine rings is 1. The summed E-state index contributed by atoms with van der Waals surface area (Å²) >= 11 is 0. The summed E-state index contributed by atoms with van der Waals surface area (Å²) in [4.78, 5) is 39.6. The molecule has 3 N–H and O–H groups in total. The Balaban J connectivity index is 1.28. The minimum Gasteiger partial charge on any atom is -0.478 e. The molecule has 1 aliphatic heterocycles. The van der Waals surface area contributed by atoms with Crippen LogP contribution in [0, 0.1) is 0 Å². The minimum absolute atomic E-state index is 0.127. The Hall–Kier alpha value is -4.53. The molecule has 1 saturated heterocycles. The lowest BCUT2D eigenvalue weighted by Gasteiger charge is -2.27. The quantitative estimate of drug-likeness (QED) is 0.350. The standard InChI is InChI=1S/C27H26N6O3/c34-26(19-10-11-28-23(15-19)33-12-2-1-3-13-33)32-20-7-4-6-18(14-20)16-29-25-21-8-5-9-22(27(35)36)24(21)30-17-31-25/h4-11,14-15,17H,1-3,12-13,16H2,(H,32,34)(H,35,36)(H,29,30,31). The maximum absolute atomic E-state index is 12.9. The minimum atomic E-state index is -1.04. The third-order valence-corrected chi connectivity index (χ3v) is 6.23. The van der Waals surface area contributed by atoms with Gasteiger partial charge in [-0.3, -0.25) is 4.79 Å². The summed E-state index contributed by atoms with van der Waals surface area (Å²) in [5, 5.41) is 16.3. The molecule has 4 aromatic rings. The van der Waals surface area contributed by atoms with Gasteiger partial charge in [0.25, 0.3) is 5.91 Å². The highest BCUT2D eigenvalue weighted by molar-refractivity contribution is 6.05. The number of hydrogen-bond acceptors (Lipinski definition) is 7. The number of pyridine rings is 1. The molecule has 0 saturated carbocycles. The highest BCUT2D eigenvalue weighted by Gasteiger charge is 2.15. The van der Waals surface area contributed by atoms with E-state index in [1.807, 2.05) is 30.3 Å². The van der Waals surface area contributed by atoms with Crippen LogP contribution in [-0.2, 0) is 6.54 Å². The number of carboxylic acids is 1. The van der Waals surface area contributed by atoms with Crippen molar-refractivity contribution >= 4 is 40.1 Å². The SMILES string of the molecule is O=C(Nc1cccc(CNc2ncnc3c(C(=O)O)cccc23)c1)c1ccnc(N2CCCCC2)c1. The van der Waals surface area contributed by atoms with E-state index in [1.165, 1.54) is 18.8 Å². The van der Waals surface area contributed by atoms with Crippen molar-refractivity contribution in [3.63, 3.8) is 0 Å². The molecule has 3 heterocycles. The van der Waals surface area contributed by atoms with E-state index < -0.39 is 5.97 Å². The van der Waals surface area contributed by atoms with Gasteiger partial charge in [0.05, 0.1) is 11.1 Å². The van der Waals surface area contributed by atoms with E-state index in [2.05, 4.69) is 30.5 Å². The Morgan fingerprint density at radius 2 is 1.78 bits per heavy atom. The number of hydrogen-bond donors (Lipinski definition) is 3. The first-order valence-electron chi connectivity index (χ1n) is 11.9. The highest BCUT2D eigenvalue weighted by Crippen LogP contribution is 2.24. The summed E-state index contributed by atoms with van der Waals surface area (Å²) in [7, 11) is 0. The van der Waals surface area contributed by atoms with Crippen LogP contribution in [-0.4, -0.2) is 45.0 Å². The maximum Gasteiger partial charge on any atom is 0.337 e. The monoisotopic (exact) mass is 482 g/mol. The number of anilines is 3. The topological polar surface area (TPSA) is 120 Å². The average Bonchev–Trinajstić information content (AvgIpc) is 2.92. The van der Waals surface area contributed by atoms with E-state index in [-0.39, 0.29) is 11.5 Å². The predicted octanol–water partition coefficient (Wildman–Crippen LogP) is 4.58. The fourth-order valence-electron chi connectivity index (χ4n) is 4.40. The summed E-state index contributed by atoms with van der Waals surface area (Å²) in [5.74, 6) is 0.151. The molecule has 5 rings (SSSR count). The fraction of sp³-hybridized carbons (Fsp3) is 0.222. The zero-order chi connectivity index (χ0) is 24.9. The Morgan fingerprint density at radius 3 is 2.61 bits per heavy atom. The summed E-state index contributed by atoms with van der Waals surface area (Å²) in [6.45, 7) is 2.36. The second kappa shape index (κ2) is 10.4. The molecular weight excluding hydrogens is 456 g/mol. The summed E-state index contributed by atoms with van der Waals surface area (Å²) in [6, 6.07) is 16.1. The first-order chi connectivity index (χ1) is 17.6. The van der Waals surface area contributed by atoms with Gasteiger partial charge in [-0.25, -0.2) is 19.7 Å².